The first-order valence-corrected chi connectivity index (χ1v) is 8.69. The summed E-state index contributed by atoms with van der Waals surface area (Å²) in [6.07, 6.45) is 0.884. The third-order valence-corrected chi connectivity index (χ3v) is 4.85. The second kappa shape index (κ2) is 10.9. The van der Waals surface area contributed by atoms with E-state index >= 15 is 0 Å². The fourth-order valence-corrected chi connectivity index (χ4v) is 3.45. The normalized spacial score (nSPS) is 10.8. The summed E-state index contributed by atoms with van der Waals surface area (Å²) in [6.45, 7) is 1.57. The van der Waals surface area contributed by atoms with Crippen molar-refractivity contribution in [3.63, 3.8) is 0 Å². The number of halogens is 2. The summed E-state index contributed by atoms with van der Waals surface area (Å²) in [6, 6.07) is 10.2. The van der Waals surface area contributed by atoms with Crippen LogP contribution in [0.5, 0.6) is 5.75 Å². The van der Waals surface area contributed by atoms with Gasteiger partial charge in [-0.2, -0.15) is 0 Å². The number of hydrogen-bond donors (Lipinski definition) is 2. The Hall–Kier alpha value is -0.800. The van der Waals surface area contributed by atoms with Crippen LogP contribution in [0, 0.1) is 0 Å². The average Bonchev–Trinajstić information content (AvgIpc) is 2.96. The van der Waals surface area contributed by atoms with Crippen LogP contribution in [0.25, 0.3) is 0 Å². The van der Waals surface area contributed by atoms with Crippen molar-refractivity contribution < 1.29 is 4.74 Å². The number of hydrogen-bond acceptors (Lipinski definition) is 3. The van der Waals surface area contributed by atoms with Gasteiger partial charge >= 0.3 is 0 Å². The molecule has 0 radical (unpaired) electrons. The van der Waals surface area contributed by atoms with Gasteiger partial charge in [0.1, 0.15) is 5.75 Å². The molecule has 1 aromatic carbocycles. The van der Waals surface area contributed by atoms with E-state index in [2.05, 4.69) is 49.1 Å². The van der Waals surface area contributed by atoms with Gasteiger partial charge in [-0.05, 0) is 40.0 Å². The Bertz CT molecular complexity index is 633. The predicted octanol–water partition coefficient (Wildman–Crippen LogP) is 4.04. The minimum absolute atomic E-state index is 0. The molecule has 0 aliphatic carbocycles. The fourth-order valence-electron chi connectivity index (χ4n) is 2.06. The summed E-state index contributed by atoms with van der Waals surface area (Å²) in [4.78, 5) is 5.50. The highest BCUT2D eigenvalue weighted by Crippen LogP contribution is 2.19. The lowest BCUT2D eigenvalue weighted by atomic mass is 10.1. The number of thiophene rings is 1. The Labute approximate surface area is 166 Å². The standard InChI is InChI=1S/C16H20BrN3OS.HI/c1-18-16(20-10-14-9-13(17)11-22-14)19-8-7-12-5-3-4-6-15(12)21-2;/h3-6,9,11H,7-8,10H2,1-2H3,(H2,18,19,20);1H. The summed E-state index contributed by atoms with van der Waals surface area (Å²) >= 11 is 5.18. The highest BCUT2D eigenvalue weighted by Gasteiger charge is 2.03. The van der Waals surface area contributed by atoms with Crippen LogP contribution in [0.15, 0.2) is 45.2 Å². The Kier molecular flexibility index (Phi) is 9.57. The molecule has 0 fully saturated rings. The van der Waals surface area contributed by atoms with E-state index in [-0.39, 0.29) is 24.0 Å². The van der Waals surface area contributed by atoms with Gasteiger partial charge in [0.25, 0.3) is 0 Å². The van der Waals surface area contributed by atoms with Gasteiger partial charge in [-0.3, -0.25) is 4.99 Å². The molecule has 2 N–H and O–H groups in total. The molecule has 126 valence electrons. The van der Waals surface area contributed by atoms with Crippen molar-refractivity contribution in [1.29, 1.82) is 0 Å². The number of nitrogens with zero attached hydrogens (tertiary/aromatic N) is 1. The number of nitrogens with one attached hydrogen (secondary N) is 2. The van der Waals surface area contributed by atoms with Crippen LogP contribution in [-0.4, -0.2) is 26.7 Å². The van der Waals surface area contributed by atoms with Crippen molar-refractivity contribution in [2.24, 2.45) is 4.99 Å². The van der Waals surface area contributed by atoms with Gasteiger partial charge in [-0.15, -0.1) is 35.3 Å². The molecular formula is C16H21BrIN3OS. The maximum atomic E-state index is 5.36. The molecule has 0 atom stereocenters. The smallest absolute Gasteiger partial charge is 0.191 e. The summed E-state index contributed by atoms with van der Waals surface area (Å²) < 4.78 is 6.48. The first-order valence-electron chi connectivity index (χ1n) is 7.02. The second-order valence-electron chi connectivity index (χ2n) is 4.65. The Morgan fingerprint density at radius 3 is 2.74 bits per heavy atom. The zero-order valence-electron chi connectivity index (χ0n) is 13.1. The van der Waals surface area contributed by atoms with E-state index in [1.165, 1.54) is 10.4 Å². The molecule has 4 nitrogen and oxygen atoms in total. The van der Waals surface area contributed by atoms with Gasteiger partial charge in [0.2, 0.25) is 0 Å². The van der Waals surface area contributed by atoms with Crippen LogP contribution >= 0.6 is 51.2 Å². The third-order valence-electron chi connectivity index (χ3n) is 3.15. The lowest BCUT2D eigenvalue weighted by Gasteiger charge is -2.12. The maximum absolute atomic E-state index is 5.36. The molecule has 0 saturated heterocycles. The van der Waals surface area contributed by atoms with Crippen LogP contribution in [0.3, 0.4) is 0 Å². The van der Waals surface area contributed by atoms with Crippen molar-refractivity contribution in [2.75, 3.05) is 20.7 Å². The van der Waals surface area contributed by atoms with Crippen molar-refractivity contribution in [3.05, 3.63) is 50.6 Å². The van der Waals surface area contributed by atoms with Gasteiger partial charge in [0, 0.05) is 28.3 Å². The Morgan fingerprint density at radius 1 is 1.30 bits per heavy atom. The molecule has 1 heterocycles. The largest absolute Gasteiger partial charge is 0.496 e. The molecule has 0 unspecified atom stereocenters. The minimum Gasteiger partial charge on any atom is -0.496 e. The zero-order chi connectivity index (χ0) is 15.8. The van der Waals surface area contributed by atoms with Gasteiger partial charge in [-0.1, -0.05) is 18.2 Å². The van der Waals surface area contributed by atoms with Gasteiger partial charge in [0.15, 0.2) is 5.96 Å². The number of methoxy groups -OCH3 is 1. The predicted molar refractivity (Wildman–Crippen MR) is 112 cm³/mol. The van der Waals surface area contributed by atoms with Crippen molar-refractivity contribution in [2.45, 2.75) is 13.0 Å². The molecule has 0 bridgehead atoms. The van der Waals surface area contributed by atoms with Crippen molar-refractivity contribution in [3.8, 4) is 5.75 Å². The first-order chi connectivity index (χ1) is 10.7. The topological polar surface area (TPSA) is 45.7 Å². The van der Waals surface area contributed by atoms with E-state index < -0.39 is 0 Å². The Morgan fingerprint density at radius 2 is 2.09 bits per heavy atom. The van der Waals surface area contributed by atoms with E-state index in [0.29, 0.717) is 0 Å². The van der Waals surface area contributed by atoms with E-state index in [4.69, 9.17) is 4.74 Å². The van der Waals surface area contributed by atoms with Gasteiger partial charge < -0.3 is 15.4 Å². The van der Waals surface area contributed by atoms with Gasteiger partial charge in [-0.25, -0.2) is 0 Å². The van der Waals surface area contributed by atoms with E-state index in [0.717, 1.165) is 35.7 Å². The molecule has 2 aromatic rings. The Balaban J connectivity index is 0.00000264. The number of rotatable bonds is 6. The molecule has 0 aliphatic rings. The van der Waals surface area contributed by atoms with Crippen LogP contribution in [-0.2, 0) is 13.0 Å². The monoisotopic (exact) mass is 509 g/mol. The SMILES string of the molecule is CN=C(NCCc1ccccc1OC)NCc1cc(Br)cs1.I. The maximum Gasteiger partial charge on any atom is 0.191 e. The summed E-state index contributed by atoms with van der Waals surface area (Å²) in [7, 11) is 3.48. The van der Waals surface area contributed by atoms with Crippen LogP contribution in [0.4, 0.5) is 0 Å². The van der Waals surface area contributed by atoms with Crippen molar-refractivity contribution in [1.82, 2.24) is 10.6 Å². The molecular weight excluding hydrogens is 489 g/mol. The van der Waals surface area contributed by atoms with E-state index in [9.17, 15) is 0 Å². The van der Waals surface area contributed by atoms with Gasteiger partial charge in [0.05, 0.1) is 13.7 Å². The molecule has 7 heteroatoms. The minimum atomic E-state index is 0. The highest BCUT2D eigenvalue weighted by atomic mass is 127. The number of benzene rings is 1. The zero-order valence-corrected chi connectivity index (χ0v) is 17.9. The second-order valence-corrected chi connectivity index (χ2v) is 6.56. The lowest BCUT2D eigenvalue weighted by molar-refractivity contribution is 0.409. The first kappa shape index (κ1) is 20.2. The quantitative estimate of drug-likeness (QED) is 0.351. The van der Waals surface area contributed by atoms with Crippen LogP contribution in [0.1, 0.15) is 10.4 Å². The molecule has 0 amide bonds. The van der Waals surface area contributed by atoms with E-state index in [1.54, 1.807) is 25.5 Å². The number of guanidine groups is 1. The number of ether oxygens (including phenoxy) is 1. The molecule has 2 rings (SSSR count). The fraction of sp³-hybridized carbons (Fsp3) is 0.312. The molecule has 0 spiro atoms. The molecule has 0 aliphatic heterocycles. The molecule has 0 saturated carbocycles. The van der Waals surface area contributed by atoms with Crippen LogP contribution < -0.4 is 15.4 Å². The third kappa shape index (κ3) is 6.68. The summed E-state index contributed by atoms with van der Waals surface area (Å²) in [5, 5.41) is 8.71. The summed E-state index contributed by atoms with van der Waals surface area (Å²) in [5.74, 6) is 1.73. The summed E-state index contributed by atoms with van der Waals surface area (Å²) in [5.41, 5.74) is 1.19. The average molecular weight is 510 g/mol. The molecule has 1 aromatic heterocycles. The molecule has 23 heavy (non-hydrogen) atoms. The lowest BCUT2D eigenvalue weighted by Crippen LogP contribution is -2.37. The van der Waals surface area contributed by atoms with E-state index in [1.807, 2.05) is 18.2 Å². The number of aliphatic imine (C=N–C) groups is 1. The number of para-hydroxylation sites is 1. The van der Waals surface area contributed by atoms with Crippen molar-refractivity contribution >= 4 is 57.2 Å². The highest BCUT2D eigenvalue weighted by molar-refractivity contribution is 14.0. The van der Waals surface area contributed by atoms with Crippen LogP contribution in [0.2, 0.25) is 0 Å².